The molecule has 3 nitrogen and oxygen atoms in total. The van der Waals surface area contributed by atoms with E-state index in [0.29, 0.717) is 0 Å². The molecule has 1 aromatic carbocycles. The van der Waals surface area contributed by atoms with Gasteiger partial charge in [0.05, 0.1) is 21.7 Å². The summed E-state index contributed by atoms with van der Waals surface area (Å²) in [5.74, 6) is -3.22. The molecule has 0 spiro atoms. The van der Waals surface area contributed by atoms with Crippen LogP contribution in [0, 0.1) is 0 Å². The third-order valence-corrected chi connectivity index (χ3v) is 5.17. The van der Waals surface area contributed by atoms with Crippen LogP contribution in [0.4, 0.5) is 8.78 Å². The van der Waals surface area contributed by atoms with Crippen LogP contribution < -0.4 is 5.73 Å². The van der Waals surface area contributed by atoms with Crippen LogP contribution in [-0.4, -0.2) is 20.2 Å². The zero-order chi connectivity index (χ0) is 14.1. The van der Waals surface area contributed by atoms with Crippen LogP contribution in [0.25, 0.3) is 0 Å². The van der Waals surface area contributed by atoms with E-state index >= 15 is 0 Å². The van der Waals surface area contributed by atoms with Crippen molar-refractivity contribution in [3.8, 4) is 0 Å². The Morgan fingerprint density at radius 1 is 1.39 bits per heavy atom. The summed E-state index contributed by atoms with van der Waals surface area (Å²) in [4.78, 5) is -0.143. The van der Waals surface area contributed by atoms with Crippen molar-refractivity contribution < 1.29 is 17.2 Å². The predicted octanol–water partition coefficient (Wildman–Crippen LogP) is 2.57. The average Bonchev–Trinajstić information content (AvgIpc) is 2.28. The summed E-state index contributed by atoms with van der Waals surface area (Å²) in [5.41, 5.74) is 4.56. The highest BCUT2D eigenvalue weighted by molar-refractivity contribution is 7.92. The van der Waals surface area contributed by atoms with E-state index in [9.17, 15) is 17.2 Å². The molecule has 0 aromatic heterocycles. The van der Waals surface area contributed by atoms with Crippen molar-refractivity contribution in [1.82, 2.24) is 0 Å². The third kappa shape index (κ3) is 2.81. The summed E-state index contributed by atoms with van der Waals surface area (Å²) in [7, 11) is -3.58. The molecule has 18 heavy (non-hydrogen) atoms. The Kier molecular flexibility index (Phi) is 4.35. The largest absolute Gasteiger partial charge is 0.325 e. The minimum atomic E-state index is -3.58. The second kappa shape index (κ2) is 5.11. The van der Waals surface area contributed by atoms with Crippen molar-refractivity contribution >= 4 is 21.4 Å². The quantitative estimate of drug-likeness (QED) is 0.929. The van der Waals surface area contributed by atoms with Crippen molar-refractivity contribution in [2.24, 2.45) is 5.73 Å². The van der Waals surface area contributed by atoms with Gasteiger partial charge in [-0.1, -0.05) is 17.7 Å². The first kappa shape index (κ1) is 15.3. The molecule has 0 radical (unpaired) electrons. The molecular formula is C11H14ClF2NO2S. The highest BCUT2D eigenvalue weighted by atomic mass is 35.5. The van der Waals surface area contributed by atoms with E-state index in [2.05, 4.69) is 0 Å². The highest BCUT2D eigenvalue weighted by Crippen LogP contribution is 2.32. The van der Waals surface area contributed by atoms with E-state index in [4.69, 9.17) is 17.3 Å². The number of alkyl halides is 2. The van der Waals surface area contributed by atoms with Gasteiger partial charge in [0, 0.05) is 5.56 Å². The number of rotatable bonds is 4. The first-order valence-electron chi connectivity index (χ1n) is 5.24. The number of hydrogen-bond acceptors (Lipinski definition) is 3. The Hall–Kier alpha value is -0.720. The van der Waals surface area contributed by atoms with Gasteiger partial charge in [-0.05, 0) is 26.0 Å². The van der Waals surface area contributed by atoms with Gasteiger partial charge < -0.3 is 5.73 Å². The summed E-state index contributed by atoms with van der Waals surface area (Å²) in [5, 5.41) is -0.884. The minimum absolute atomic E-state index is 0.143. The van der Waals surface area contributed by atoms with E-state index in [1.165, 1.54) is 13.8 Å². The Balaban J connectivity index is 3.33. The molecule has 0 saturated carbocycles. The van der Waals surface area contributed by atoms with Crippen LogP contribution >= 0.6 is 11.6 Å². The maximum atomic E-state index is 13.3. The van der Waals surface area contributed by atoms with E-state index in [1.54, 1.807) is 0 Å². The summed E-state index contributed by atoms with van der Waals surface area (Å²) < 4.78 is 50.4. The molecule has 0 aliphatic carbocycles. The number of benzene rings is 1. The second-order valence-corrected chi connectivity index (χ2v) is 7.03. The zero-order valence-corrected chi connectivity index (χ0v) is 11.5. The van der Waals surface area contributed by atoms with Gasteiger partial charge in [-0.2, -0.15) is 8.78 Å². The van der Waals surface area contributed by atoms with Gasteiger partial charge in [-0.15, -0.1) is 0 Å². The van der Waals surface area contributed by atoms with Crippen LogP contribution in [0.15, 0.2) is 23.1 Å². The molecule has 0 aliphatic heterocycles. The molecule has 0 heterocycles. The van der Waals surface area contributed by atoms with Gasteiger partial charge in [0.15, 0.2) is 9.84 Å². The molecule has 7 heteroatoms. The molecular weight excluding hydrogens is 284 g/mol. The van der Waals surface area contributed by atoms with E-state index < -0.39 is 33.1 Å². The summed E-state index contributed by atoms with van der Waals surface area (Å²) in [6, 6.07) is 3.08. The molecule has 0 saturated heterocycles. The topological polar surface area (TPSA) is 60.2 Å². The Labute approximate surface area is 110 Å². The first-order chi connectivity index (χ1) is 8.13. The van der Waals surface area contributed by atoms with Crippen LogP contribution in [0.2, 0.25) is 5.02 Å². The molecule has 1 aromatic rings. The molecule has 0 amide bonds. The molecule has 0 unspecified atom stereocenters. The second-order valence-electron chi connectivity index (χ2n) is 4.15. The number of halogens is 3. The Morgan fingerprint density at radius 3 is 2.33 bits per heavy atom. The number of hydrogen-bond donors (Lipinski definition) is 1. The van der Waals surface area contributed by atoms with Crippen molar-refractivity contribution in [2.75, 3.05) is 6.54 Å². The zero-order valence-electron chi connectivity index (χ0n) is 9.95. The summed E-state index contributed by atoms with van der Waals surface area (Å²) in [6.07, 6.45) is 0. The van der Waals surface area contributed by atoms with Crippen molar-refractivity contribution in [1.29, 1.82) is 0 Å². The van der Waals surface area contributed by atoms with E-state index in [1.807, 2.05) is 0 Å². The molecule has 102 valence electrons. The van der Waals surface area contributed by atoms with Crippen molar-refractivity contribution in [3.63, 3.8) is 0 Å². The fourth-order valence-corrected chi connectivity index (χ4v) is 2.93. The van der Waals surface area contributed by atoms with Gasteiger partial charge in [0.2, 0.25) is 0 Å². The van der Waals surface area contributed by atoms with E-state index in [-0.39, 0.29) is 9.92 Å². The number of nitrogens with two attached hydrogens (primary N) is 1. The van der Waals surface area contributed by atoms with Crippen molar-refractivity contribution in [2.45, 2.75) is 29.9 Å². The van der Waals surface area contributed by atoms with Gasteiger partial charge in [-0.3, -0.25) is 0 Å². The van der Waals surface area contributed by atoms with Gasteiger partial charge in [0.25, 0.3) is 5.92 Å². The summed E-state index contributed by atoms with van der Waals surface area (Å²) >= 11 is 5.77. The molecule has 0 fully saturated rings. The Bertz CT molecular complexity index is 544. The number of sulfone groups is 1. The first-order valence-corrected chi connectivity index (χ1v) is 7.17. The maximum Gasteiger partial charge on any atom is 0.285 e. The SMILES string of the molecule is CC(C)S(=O)(=O)c1ccc(C(F)(F)CN)cc1Cl. The van der Waals surface area contributed by atoms with E-state index in [0.717, 1.165) is 18.2 Å². The standard InChI is InChI=1S/C11H14ClF2NO2S/c1-7(2)18(16,17)10-4-3-8(5-9(10)12)11(13,14)6-15/h3-5,7H,6,15H2,1-2H3. The Morgan fingerprint density at radius 2 is 1.94 bits per heavy atom. The van der Waals surface area contributed by atoms with Crippen LogP contribution in [0.1, 0.15) is 19.4 Å². The van der Waals surface area contributed by atoms with Gasteiger partial charge in [0.1, 0.15) is 0 Å². The third-order valence-electron chi connectivity index (χ3n) is 2.54. The van der Waals surface area contributed by atoms with Gasteiger partial charge >= 0.3 is 0 Å². The lowest BCUT2D eigenvalue weighted by molar-refractivity contribution is 0.00590. The maximum absolute atomic E-state index is 13.3. The van der Waals surface area contributed by atoms with Crippen LogP contribution in [-0.2, 0) is 15.8 Å². The van der Waals surface area contributed by atoms with Crippen LogP contribution in [0.5, 0.6) is 0 Å². The molecule has 1 rings (SSSR count). The average molecular weight is 298 g/mol. The lowest BCUT2D eigenvalue weighted by atomic mass is 10.1. The smallest absolute Gasteiger partial charge is 0.285 e. The fourth-order valence-electron chi connectivity index (χ4n) is 1.33. The normalized spacial score (nSPS) is 13.1. The lowest BCUT2D eigenvalue weighted by Gasteiger charge is -2.16. The predicted molar refractivity (Wildman–Crippen MR) is 66.7 cm³/mol. The van der Waals surface area contributed by atoms with Crippen LogP contribution in [0.3, 0.4) is 0 Å². The lowest BCUT2D eigenvalue weighted by Crippen LogP contribution is -2.25. The summed E-state index contributed by atoms with van der Waals surface area (Å²) in [6.45, 7) is 2.13. The fraction of sp³-hybridized carbons (Fsp3) is 0.455. The van der Waals surface area contributed by atoms with Gasteiger partial charge in [-0.25, -0.2) is 8.42 Å². The minimum Gasteiger partial charge on any atom is -0.325 e. The highest BCUT2D eigenvalue weighted by Gasteiger charge is 2.31. The molecule has 2 N–H and O–H groups in total. The molecule has 0 atom stereocenters. The molecule has 0 bridgehead atoms. The molecule has 0 aliphatic rings. The van der Waals surface area contributed by atoms with Crippen molar-refractivity contribution in [3.05, 3.63) is 28.8 Å². The monoisotopic (exact) mass is 297 g/mol.